The van der Waals surface area contributed by atoms with Crippen LogP contribution in [0.15, 0.2) is 45.9 Å². The summed E-state index contributed by atoms with van der Waals surface area (Å²) in [6.45, 7) is -1.76. The molecular formula is C15H12F5NO2S. The van der Waals surface area contributed by atoms with E-state index in [4.69, 9.17) is 4.42 Å². The third kappa shape index (κ3) is 5.55. The highest BCUT2D eigenvalue weighted by atomic mass is 32.2. The lowest BCUT2D eigenvalue weighted by atomic mass is 10.3. The van der Waals surface area contributed by atoms with E-state index in [9.17, 15) is 26.7 Å². The second kappa shape index (κ2) is 7.69. The molecule has 9 heteroatoms. The van der Waals surface area contributed by atoms with Crippen molar-refractivity contribution in [3.8, 4) is 0 Å². The van der Waals surface area contributed by atoms with Gasteiger partial charge in [-0.2, -0.15) is 13.2 Å². The molecule has 1 heterocycles. The molecule has 0 saturated carbocycles. The molecule has 2 rings (SSSR count). The van der Waals surface area contributed by atoms with E-state index >= 15 is 0 Å². The largest absolute Gasteiger partial charge is 0.467 e. The van der Waals surface area contributed by atoms with E-state index in [-0.39, 0.29) is 23.0 Å². The molecule has 0 radical (unpaired) electrons. The van der Waals surface area contributed by atoms with Crippen LogP contribution in [0.3, 0.4) is 0 Å². The summed E-state index contributed by atoms with van der Waals surface area (Å²) in [5.74, 6) is -3.05. The van der Waals surface area contributed by atoms with Crippen molar-refractivity contribution in [3.63, 3.8) is 0 Å². The van der Waals surface area contributed by atoms with Crippen molar-refractivity contribution in [2.24, 2.45) is 0 Å². The Morgan fingerprint density at radius 1 is 1.17 bits per heavy atom. The number of hydrogen-bond donors (Lipinski definition) is 0. The molecule has 0 unspecified atom stereocenters. The van der Waals surface area contributed by atoms with Crippen LogP contribution in [-0.4, -0.2) is 29.3 Å². The van der Waals surface area contributed by atoms with Crippen molar-refractivity contribution in [1.82, 2.24) is 4.90 Å². The number of carbonyl (C=O) groups is 1. The highest BCUT2D eigenvalue weighted by molar-refractivity contribution is 8.00. The molecule has 0 bridgehead atoms. The molecule has 0 aliphatic rings. The quantitative estimate of drug-likeness (QED) is 0.567. The van der Waals surface area contributed by atoms with Crippen LogP contribution in [0.1, 0.15) is 5.76 Å². The molecule has 0 N–H and O–H groups in total. The maximum Gasteiger partial charge on any atom is 0.406 e. The average Bonchev–Trinajstić information content (AvgIpc) is 2.99. The zero-order chi connectivity index (χ0) is 17.7. The van der Waals surface area contributed by atoms with E-state index < -0.39 is 30.3 Å². The second-order valence-electron chi connectivity index (χ2n) is 4.81. The number of halogens is 5. The Morgan fingerprint density at radius 2 is 1.92 bits per heavy atom. The van der Waals surface area contributed by atoms with Gasteiger partial charge in [0.25, 0.3) is 0 Å². The van der Waals surface area contributed by atoms with Gasteiger partial charge < -0.3 is 9.32 Å². The summed E-state index contributed by atoms with van der Waals surface area (Å²) in [4.78, 5) is 12.9. The average molecular weight is 365 g/mol. The summed E-state index contributed by atoms with van der Waals surface area (Å²) in [6, 6.07) is 5.98. The Hall–Kier alpha value is -2.03. The number of amides is 1. The molecule has 1 amide bonds. The summed E-state index contributed by atoms with van der Waals surface area (Å²) in [5, 5.41) is 0. The number of rotatable bonds is 6. The van der Waals surface area contributed by atoms with Crippen molar-refractivity contribution in [1.29, 1.82) is 0 Å². The van der Waals surface area contributed by atoms with Crippen molar-refractivity contribution in [2.45, 2.75) is 17.6 Å². The monoisotopic (exact) mass is 365 g/mol. The number of furan rings is 1. The fraction of sp³-hybridized carbons (Fsp3) is 0.267. The Labute approximate surface area is 138 Å². The van der Waals surface area contributed by atoms with Gasteiger partial charge in [-0.3, -0.25) is 4.79 Å². The second-order valence-corrected chi connectivity index (χ2v) is 5.86. The van der Waals surface area contributed by atoms with Crippen LogP contribution < -0.4 is 0 Å². The number of alkyl halides is 3. The molecule has 2 aromatic rings. The number of hydrogen-bond acceptors (Lipinski definition) is 3. The van der Waals surface area contributed by atoms with Gasteiger partial charge in [0.2, 0.25) is 5.91 Å². The minimum atomic E-state index is -4.56. The van der Waals surface area contributed by atoms with E-state index in [0.717, 1.165) is 23.9 Å². The first kappa shape index (κ1) is 18.3. The topological polar surface area (TPSA) is 33.5 Å². The van der Waals surface area contributed by atoms with Crippen LogP contribution in [0.2, 0.25) is 0 Å². The zero-order valence-electron chi connectivity index (χ0n) is 12.1. The summed E-state index contributed by atoms with van der Waals surface area (Å²) < 4.78 is 68.8. The van der Waals surface area contributed by atoms with Crippen molar-refractivity contribution in [2.75, 3.05) is 12.3 Å². The number of thioether (sulfide) groups is 1. The maximum atomic E-state index is 13.1. The van der Waals surface area contributed by atoms with E-state index in [1.165, 1.54) is 24.5 Å². The van der Waals surface area contributed by atoms with E-state index in [2.05, 4.69) is 0 Å². The summed E-state index contributed by atoms with van der Waals surface area (Å²) >= 11 is 0.823. The fourth-order valence-electron chi connectivity index (χ4n) is 1.84. The van der Waals surface area contributed by atoms with E-state index in [1.54, 1.807) is 0 Å². The summed E-state index contributed by atoms with van der Waals surface area (Å²) in [7, 11) is 0. The number of benzene rings is 1. The molecule has 0 aliphatic heterocycles. The van der Waals surface area contributed by atoms with Crippen LogP contribution in [0.4, 0.5) is 22.0 Å². The predicted octanol–water partition coefficient (Wildman–Crippen LogP) is 4.24. The highest BCUT2D eigenvalue weighted by Crippen LogP contribution is 2.23. The lowest BCUT2D eigenvalue weighted by molar-refractivity contribution is -0.161. The third-order valence-corrected chi connectivity index (χ3v) is 3.88. The molecule has 0 aliphatic carbocycles. The Morgan fingerprint density at radius 3 is 2.50 bits per heavy atom. The van der Waals surface area contributed by atoms with Gasteiger partial charge in [0.1, 0.15) is 12.3 Å². The standard InChI is InChI=1S/C15H12F5NO2S/c16-12-4-3-11(6-13(12)17)24-8-14(22)21(9-15(18,19)20)7-10-2-1-5-23-10/h1-6H,7-9H2. The van der Waals surface area contributed by atoms with Crippen LogP contribution in [0.25, 0.3) is 0 Å². The van der Waals surface area contributed by atoms with Gasteiger partial charge in [0, 0.05) is 4.90 Å². The molecular weight excluding hydrogens is 353 g/mol. The minimum absolute atomic E-state index is 0.213. The van der Waals surface area contributed by atoms with E-state index in [1.807, 2.05) is 0 Å². The first-order valence-electron chi connectivity index (χ1n) is 6.69. The highest BCUT2D eigenvalue weighted by Gasteiger charge is 2.33. The van der Waals surface area contributed by atoms with Crippen LogP contribution in [0, 0.1) is 11.6 Å². The molecule has 1 aromatic heterocycles. The Kier molecular flexibility index (Phi) is 5.87. The van der Waals surface area contributed by atoms with Gasteiger partial charge in [-0.1, -0.05) is 0 Å². The predicted molar refractivity (Wildman–Crippen MR) is 77.3 cm³/mol. The maximum absolute atomic E-state index is 13.1. The van der Waals surface area contributed by atoms with Gasteiger partial charge in [0.15, 0.2) is 11.6 Å². The molecule has 0 spiro atoms. The summed E-state index contributed by atoms with van der Waals surface area (Å²) in [5.41, 5.74) is 0. The Bertz CT molecular complexity index is 688. The van der Waals surface area contributed by atoms with Gasteiger partial charge in [0.05, 0.1) is 18.6 Å². The molecule has 0 fully saturated rings. The number of nitrogens with zero attached hydrogens (tertiary/aromatic N) is 1. The van der Waals surface area contributed by atoms with Crippen molar-refractivity contribution in [3.05, 3.63) is 54.0 Å². The van der Waals surface area contributed by atoms with Gasteiger partial charge >= 0.3 is 6.18 Å². The Balaban J connectivity index is 2.02. The van der Waals surface area contributed by atoms with Gasteiger partial charge in [-0.25, -0.2) is 8.78 Å². The molecule has 0 atom stereocenters. The SMILES string of the molecule is O=C(CSc1ccc(F)c(F)c1)N(Cc1ccco1)CC(F)(F)F. The van der Waals surface area contributed by atoms with Crippen LogP contribution in [-0.2, 0) is 11.3 Å². The minimum Gasteiger partial charge on any atom is -0.467 e. The fourth-order valence-corrected chi connectivity index (χ4v) is 2.67. The normalized spacial score (nSPS) is 11.5. The molecule has 24 heavy (non-hydrogen) atoms. The molecule has 3 nitrogen and oxygen atoms in total. The summed E-state index contributed by atoms with van der Waals surface area (Å²) in [6.07, 6.45) is -3.27. The van der Waals surface area contributed by atoms with Crippen LogP contribution >= 0.6 is 11.8 Å². The van der Waals surface area contributed by atoms with Crippen molar-refractivity contribution < 1.29 is 31.2 Å². The van der Waals surface area contributed by atoms with Gasteiger partial charge in [-0.15, -0.1) is 11.8 Å². The molecule has 1 aromatic carbocycles. The molecule has 130 valence electrons. The first-order valence-corrected chi connectivity index (χ1v) is 7.68. The van der Waals surface area contributed by atoms with Crippen LogP contribution in [0.5, 0.6) is 0 Å². The lowest BCUT2D eigenvalue weighted by Gasteiger charge is -2.23. The first-order chi connectivity index (χ1) is 11.2. The van der Waals surface area contributed by atoms with Gasteiger partial charge in [-0.05, 0) is 30.3 Å². The lowest BCUT2D eigenvalue weighted by Crippen LogP contribution is -2.39. The smallest absolute Gasteiger partial charge is 0.406 e. The number of carbonyl (C=O) groups excluding carboxylic acids is 1. The van der Waals surface area contributed by atoms with E-state index in [0.29, 0.717) is 4.90 Å². The zero-order valence-corrected chi connectivity index (χ0v) is 13.0. The third-order valence-electron chi connectivity index (χ3n) is 2.90. The molecule has 0 saturated heterocycles. The van der Waals surface area contributed by atoms with Crippen molar-refractivity contribution >= 4 is 17.7 Å².